The average Bonchev–Trinajstić information content (AvgIpc) is 2.37. The number of aliphatic hydroxyl groups excluding tert-OH is 1. The van der Waals surface area contributed by atoms with E-state index in [-0.39, 0.29) is 5.82 Å². The van der Waals surface area contributed by atoms with Gasteiger partial charge in [-0.05, 0) is 42.5 Å². The van der Waals surface area contributed by atoms with Gasteiger partial charge in [0.25, 0.3) is 0 Å². The Bertz CT molecular complexity index is 362. The highest BCUT2D eigenvalue weighted by Gasteiger charge is 2.16. The fraction of sp³-hybridized carbons (Fsp3) is 0.625. The molecule has 0 fully saturated rings. The minimum atomic E-state index is -0.539. The van der Waals surface area contributed by atoms with E-state index < -0.39 is 6.10 Å². The molecule has 0 aliphatic rings. The lowest BCUT2D eigenvalue weighted by molar-refractivity contribution is 0.138. The second-order valence-corrected chi connectivity index (χ2v) is 5.17. The molecule has 1 N–H and O–H groups in total. The molecule has 0 aliphatic heterocycles. The molecule has 2 atom stereocenters. The molecular weight excluding hydrogens is 227 g/mol. The van der Waals surface area contributed by atoms with Gasteiger partial charge < -0.3 is 5.11 Å². The van der Waals surface area contributed by atoms with Gasteiger partial charge in [-0.2, -0.15) is 0 Å². The summed E-state index contributed by atoms with van der Waals surface area (Å²) in [4.78, 5) is 0. The van der Waals surface area contributed by atoms with Crippen LogP contribution >= 0.6 is 0 Å². The average molecular weight is 252 g/mol. The number of rotatable bonds is 7. The van der Waals surface area contributed by atoms with Gasteiger partial charge >= 0.3 is 0 Å². The predicted molar refractivity (Wildman–Crippen MR) is 74.0 cm³/mol. The Morgan fingerprint density at radius 2 is 2.00 bits per heavy atom. The van der Waals surface area contributed by atoms with Gasteiger partial charge in [0, 0.05) is 0 Å². The molecule has 0 saturated carbocycles. The molecule has 102 valence electrons. The normalized spacial score (nSPS) is 14.5. The lowest BCUT2D eigenvalue weighted by Crippen LogP contribution is -2.08. The Hall–Kier alpha value is -0.890. The zero-order chi connectivity index (χ0) is 13.5. The number of benzene rings is 1. The topological polar surface area (TPSA) is 20.2 Å². The van der Waals surface area contributed by atoms with Gasteiger partial charge in [-0.25, -0.2) is 4.39 Å². The summed E-state index contributed by atoms with van der Waals surface area (Å²) < 4.78 is 13.2. The van der Waals surface area contributed by atoms with E-state index in [1.54, 1.807) is 6.07 Å². The van der Waals surface area contributed by atoms with Gasteiger partial charge in [0.15, 0.2) is 0 Å². The van der Waals surface area contributed by atoms with Gasteiger partial charge in [0.05, 0.1) is 6.10 Å². The third-order valence-electron chi connectivity index (χ3n) is 3.70. The molecule has 1 nitrogen and oxygen atoms in total. The van der Waals surface area contributed by atoms with Crippen LogP contribution in [0, 0.1) is 18.7 Å². The van der Waals surface area contributed by atoms with Crippen molar-refractivity contribution in [1.29, 1.82) is 0 Å². The number of unbranched alkanes of at least 4 members (excludes halogenated alkanes) is 1. The van der Waals surface area contributed by atoms with Gasteiger partial charge in [0.1, 0.15) is 5.82 Å². The van der Waals surface area contributed by atoms with Crippen molar-refractivity contribution in [2.45, 2.75) is 59.0 Å². The monoisotopic (exact) mass is 252 g/mol. The van der Waals surface area contributed by atoms with Crippen LogP contribution in [0.3, 0.4) is 0 Å². The summed E-state index contributed by atoms with van der Waals surface area (Å²) in [5.74, 6) is 0.263. The van der Waals surface area contributed by atoms with E-state index in [1.165, 1.54) is 25.0 Å². The van der Waals surface area contributed by atoms with Crippen LogP contribution in [0.2, 0.25) is 0 Å². The van der Waals surface area contributed by atoms with E-state index in [2.05, 4.69) is 13.8 Å². The maximum atomic E-state index is 13.2. The third-order valence-corrected chi connectivity index (χ3v) is 3.70. The number of halogens is 1. The van der Waals surface area contributed by atoms with Crippen LogP contribution in [0.25, 0.3) is 0 Å². The quantitative estimate of drug-likeness (QED) is 0.740. The summed E-state index contributed by atoms with van der Waals surface area (Å²) in [6.45, 7) is 6.26. The van der Waals surface area contributed by atoms with Crippen molar-refractivity contribution < 1.29 is 9.50 Å². The molecule has 1 aromatic carbocycles. The van der Waals surface area contributed by atoms with E-state index in [0.717, 1.165) is 30.4 Å². The van der Waals surface area contributed by atoms with Crippen molar-refractivity contribution in [2.75, 3.05) is 0 Å². The highest BCUT2D eigenvalue weighted by molar-refractivity contribution is 5.28. The molecule has 0 amide bonds. The van der Waals surface area contributed by atoms with Gasteiger partial charge in [-0.1, -0.05) is 45.6 Å². The number of hydrogen-bond acceptors (Lipinski definition) is 1. The van der Waals surface area contributed by atoms with Crippen molar-refractivity contribution in [3.05, 3.63) is 35.1 Å². The van der Waals surface area contributed by atoms with E-state index >= 15 is 0 Å². The van der Waals surface area contributed by atoms with Gasteiger partial charge in [-0.15, -0.1) is 0 Å². The van der Waals surface area contributed by atoms with Crippen molar-refractivity contribution in [2.24, 2.45) is 5.92 Å². The maximum Gasteiger partial charge on any atom is 0.123 e. The molecule has 18 heavy (non-hydrogen) atoms. The first-order chi connectivity index (χ1) is 8.58. The second-order valence-electron chi connectivity index (χ2n) is 5.17. The van der Waals surface area contributed by atoms with Crippen molar-refractivity contribution in [3.8, 4) is 0 Å². The fourth-order valence-corrected chi connectivity index (χ4v) is 2.39. The minimum Gasteiger partial charge on any atom is -0.388 e. The molecule has 0 spiro atoms. The van der Waals surface area contributed by atoms with E-state index in [0.29, 0.717) is 5.92 Å². The van der Waals surface area contributed by atoms with E-state index in [9.17, 15) is 9.50 Å². The van der Waals surface area contributed by atoms with Crippen LogP contribution in [0.5, 0.6) is 0 Å². The van der Waals surface area contributed by atoms with Crippen LogP contribution in [-0.4, -0.2) is 5.11 Å². The zero-order valence-corrected chi connectivity index (χ0v) is 11.7. The molecule has 2 heteroatoms. The Kier molecular flexibility index (Phi) is 6.34. The number of aryl methyl sites for hydroxylation is 1. The molecule has 0 bridgehead atoms. The largest absolute Gasteiger partial charge is 0.388 e. The van der Waals surface area contributed by atoms with Crippen LogP contribution in [0.15, 0.2) is 18.2 Å². The highest BCUT2D eigenvalue weighted by Crippen LogP contribution is 2.28. The van der Waals surface area contributed by atoms with E-state index in [4.69, 9.17) is 0 Å². The highest BCUT2D eigenvalue weighted by atomic mass is 19.1. The standard InChI is InChI=1S/C16H25FO/c1-4-6-7-13(5-2)10-16(18)15-11-14(17)9-8-12(15)3/h8-9,11,13,16,18H,4-7,10H2,1-3H3. The smallest absolute Gasteiger partial charge is 0.123 e. The molecular formula is C16H25FO. The van der Waals surface area contributed by atoms with Crippen LogP contribution in [0.1, 0.15) is 63.2 Å². The summed E-state index contributed by atoms with van der Waals surface area (Å²) in [6.07, 6.45) is 4.81. The van der Waals surface area contributed by atoms with Crippen LogP contribution in [0.4, 0.5) is 4.39 Å². The third kappa shape index (κ3) is 4.41. The molecule has 0 aliphatic carbocycles. The summed E-state index contributed by atoms with van der Waals surface area (Å²) in [5, 5.41) is 10.3. The van der Waals surface area contributed by atoms with Crippen molar-refractivity contribution in [3.63, 3.8) is 0 Å². The minimum absolute atomic E-state index is 0.267. The molecule has 0 radical (unpaired) electrons. The van der Waals surface area contributed by atoms with E-state index in [1.807, 2.05) is 6.92 Å². The van der Waals surface area contributed by atoms with Crippen molar-refractivity contribution >= 4 is 0 Å². The Balaban J connectivity index is 2.67. The summed E-state index contributed by atoms with van der Waals surface area (Å²) in [6, 6.07) is 4.65. The van der Waals surface area contributed by atoms with Gasteiger partial charge in [-0.3, -0.25) is 0 Å². The molecule has 2 unspecified atom stereocenters. The summed E-state index contributed by atoms with van der Waals surface area (Å²) in [7, 11) is 0. The first-order valence-corrected chi connectivity index (χ1v) is 7.02. The Morgan fingerprint density at radius 1 is 1.28 bits per heavy atom. The molecule has 0 heterocycles. The van der Waals surface area contributed by atoms with Gasteiger partial charge in [0.2, 0.25) is 0 Å². The number of aliphatic hydroxyl groups is 1. The Labute approximate surface area is 110 Å². The molecule has 0 aromatic heterocycles. The maximum absolute atomic E-state index is 13.2. The first kappa shape index (κ1) is 15.2. The summed E-state index contributed by atoms with van der Waals surface area (Å²) in [5.41, 5.74) is 1.71. The lowest BCUT2D eigenvalue weighted by atomic mass is 9.89. The lowest BCUT2D eigenvalue weighted by Gasteiger charge is -2.20. The zero-order valence-electron chi connectivity index (χ0n) is 11.7. The number of hydrogen-bond donors (Lipinski definition) is 1. The second kappa shape index (κ2) is 7.52. The first-order valence-electron chi connectivity index (χ1n) is 7.02. The Morgan fingerprint density at radius 3 is 2.61 bits per heavy atom. The molecule has 1 aromatic rings. The molecule has 0 saturated heterocycles. The fourth-order valence-electron chi connectivity index (χ4n) is 2.39. The predicted octanol–water partition coefficient (Wildman–Crippen LogP) is 4.77. The van der Waals surface area contributed by atoms with Crippen LogP contribution in [-0.2, 0) is 0 Å². The van der Waals surface area contributed by atoms with Crippen LogP contribution < -0.4 is 0 Å². The summed E-state index contributed by atoms with van der Waals surface area (Å²) >= 11 is 0. The van der Waals surface area contributed by atoms with Crippen molar-refractivity contribution in [1.82, 2.24) is 0 Å². The SMILES string of the molecule is CCCCC(CC)CC(O)c1cc(F)ccc1C. The molecule has 1 rings (SSSR count).